The van der Waals surface area contributed by atoms with E-state index in [-0.39, 0.29) is 5.78 Å². The number of anilines is 2. The fourth-order valence-electron chi connectivity index (χ4n) is 1.41. The molecule has 0 fully saturated rings. The van der Waals surface area contributed by atoms with Gasteiger partial charge in [-0.05, 0) is 12.1 Å². The summed E-state index contributed by atoms with van der Waals surface area (Å²) in [6, 6.07) is 3.33. The number of hydrogen-bond donors (Lipinski definition) is 2. The number of nitrogens with two attached hydrogens (primary N) is 1. The smallest absolute Gasteiger partial charge is 0.166 e. The fourth-order valence-corrected chi connectivity index (χ4v) is 1.58. The molecule has 13 heavy (non-hydrogen) atoms. The van der Waals surface area contributed by atoms with Gasteiger partial charge in [0.1, 0.15) is 0 Å². The van der Waals surface area contributed by atoms with E-state index in [4.69, 9.17) is 17.3 Å². The van der Waals surface area contributed by atoms with Crippen molar-refractivity contribution >= 4 is 28.8 Å². The lowest BCUT2D eigenvalue weighted by Crippen LogP contribution is -2.18. The number of nitrogen functional groups attached to an aromatic ring is 1. The molecule has 1 heterocycles. The second-order valence-corrected chi connectivity index (χ2v) is 3.43. The van der Waals surface area contributed by atoms with Gasteiger partial charge in [0, 0.05) is 24.2 Å². The molecule has 0 aromatic heterocycles. The van der Waals surface area contributed by atoms with Crippen molar-refractivity contribution in [1.29, 1.82) is 0 Å². The number of carbonyl (C=O) groups excluding carboxylic acids is 1. The summed E-state index contributed by atoms with van der Waals surface area (Å²) in [7, 11) is 0. The first-order chi connectivity index (χ1) is 6.18. The Kier molecular flexibility index (Phi) is 1.88. The number of fused-ring (bicyclic) bond motifs is 1. The minimum absolute atomic E-state index is 0.121. The highest BCUT2D eigenvalue weighted by atomic mass is 35.5. The van der Waals surface area contributed by atoms with Crippen molar-refractivity contribution in [3.8, 4) is 0 Å². The van der Waals surface area contributed by atoms with Crippen molar-refractivity contribution in [2.45, 2.75) is 6.42 Å². The first kappa shape index (κ1) is 8.38. The SMILES string of the molecule is Nc1cc2c(cc1Cl)C(=O)CCN2. The molecule has 0 radical (unpaired) electrons. The van der Waals surface area contributed by atoms with Crippen LogP contribution in [0.4, 0.5) is 11.4 Å². The topological polar surface area (TPSA) is 55.1 Å². The molecular formula is C9H9ClN2O. The molecule has 0 aliphatic carbocycles. The summed E-state index contributed by atoms with van der Waals surface area (Å²) in [6.45, 7) is 0.674. The zero-order valence-electron chi connectivity index (χ0n) is 6.93. The van der Waals surface area contributed by atoms with Crippen LogP contribution in [0.2, 0.25) is 5.02 Å². The Hall–Kier alpha value is -1.22. The van der Waals surface area contributed by atoms with Crippen molar-refractivity contribution in [2.24, 2.45) is 0 Å². The summed E-state index contributed by atoms with van der Waals surface area (Å²) in [4.78, 5) is 11.4. The molecule has 0 spiro atoms. The molecule has 1 aliphatic heterocycles. The number of halogens is 1. The van der Waals surface area contributed by atoms with Crippen LogP contribution >= 0.6 is 11.6 Å². The lowest BCUT2D eigenvalue weighted by atomic mass is 10.0. The molecular weight excluding hydrogens is 188 g/mol. The molecule has 4 heteroatoms. The third kappa shape index (κ3) is 1.35. The van der Waals surface area contributed by atoms with Crippen LogP contribution in [-0.4, -0.2) is 12.3 Å². The van der Waals surface area contributed by atoms with Crippen LogP contribution in [0.15, 0.2) is 12.1 Å². The van der Waals surface area contributed by atoms with Crippen LogP contribution in [0.1, 0.15) is 16.8 Å². The van der Waals surface area contributed by atoms with E-state index in [9.17, 15) is 4.79 Å². The lowest BCUT2D eigenvalue weighted by molar-refractivity contribution is 0.0984. The molecule has 68 valence electrons. The first-order valence-electron chi connectivity index (χ1n) is 4.04. The average Bonchev–Trinajstić information content (AvgIpc) is 2.09. The van der Waals surface area contributed by atoms with Crippen molar-refractivity contribution in [3.05, 3.63) is 22.7 Å². The van der Waals surface area contributed by atoms with Gasteiger partial charge in [-0.15, -0.1) is 0 Å². The van der Waals surface area contributed by atoms with E-state index < -0.39 is 0 Å². The summed E-state index contributed by atoms with van der Waals surface area (Å²) in [6.07, 6.45) is 0.521. The van der Waals surface area contributed by atoms with Crippen LogP contribution in [0.3, 0.4) is 0 Å². The van der Waals surface area contributed by atoms with E-state index >= 15 is 0 Å². The summed E-state index contributed by atoms with van der Waals surface area (Å²) in [5, 5.41) is 3.54. The summed E-state index contributed by atoms with van der Waals surface area (Å²) >= 11 is 5.81. The standard InChI is InChI=1S/C9H9ClN2O/c10-6-3-5-8(4-7(6)11)12-2-1-9(5)13/h3-4,12H,1-2,11H2. The van der Waals surface area contributed by atoms with E-state index in [2.05, 4.69) is 5.32 Å². The van der Waals surface area contributed by atoms with E-state index in [1.807, 2.05) is 0 Å². The largest absolute Gasteiger partial charge is 0.397 e. The monoisotopic (exact) mass is 196 g/mol. The highest BCUT2D eigenvalue weighted by Crippen LogP contribution is 2.29. The van der Waals surface area contributed by atoms with Gasteiger partial charge < -0.3 is 11.1 Å². The van der Waals surface area contributed by atoms with Gasteiger partial charge in [-0.3, -0.25) is 4.79 Å². The Balaban J connectivity index is 2.58. The van der Waals surface area contributed by atoms with Crippen molar-refractivity contribution in [3.63, 3.8) is 0 Å². The molecule has 1 aliphatic rings. The third-order valence-electron chi connectivity index (χ3n) is 2.10. The minimum atomic E-state index is 0.121. The van der Waals surface area contributed by atoms with Crippen molar-refractivity contribution in [1.82, 2.24) is 0 Å². The number of Topliss-reactive ketones (excluding diaryl/α,β-unsaturated/α-hetero) is 1. The maximum atomic E-state index is 11.4. The van der Waals surface area contributed by atoms with Crippen LogP contribution in [0.25, 0.3) is 0 Å². The predicted octanol–water partition coefficient (Wildman–Crippen LogP) is 1.92. The molecule has 0 unspecified atom stereocenters. The van der Waals surface area contributed by atoms with Gasteiger partial charge in [-0.25, -0.2) is 0 Å². The zero-order valence-corrected chi connectivity index (χ0v) is 7.69. The summed E-state index contributed by atoms with van der Waals surface area (Å²) in [5.74, 6) is 0.121. The van der Waals surface area contributed by atoms with Gasteiger partial charge in [0.25, 0.3) is 0 Å². The third-order valence-corrected chi connectivity index (χ3v) is 2.43. The molecule has 3 nitrogen and oxygen atoms in total. The average molecular weight is 197 g/mol. The molecule has 0 bridgehead atoms. The Labute approximate surface area is 80.9 Å². The number of rotatable bonds is 0. The Morgan fingerprint density at radius 3 is 3.00 bits per heavy atom. The van der Waals surface area contributed by atoms with Gasteiger partial charge in [-0.1, -0.05) is 11.6 Å². The number of carbonyl (C=O) groups is 1. The maximum Gasteiger partial charge on any atom is 0.166 e. The van der Waals surface area contributed by atoms with Crippen molar-refractivity contribution < 1.29 is 4.79 Å². The number of hydrogen-bond acceptors (Lipinski definition) is 3. The number of nitrogens with one attached hydrogen (secondary N) is 1. The minimum Gasteiger partial charge on any atom is -0.397 e. The molecule has 0 amide bonds. The second-order valence-electron chi connectivity index (χ2n) is 3.02. The van der Waals surface area contributed by atoms with Gasteiger partial charge in [-0.2, -0.15) is 0 Å². The Bertz CT molecular complexity index is 376. The van der Waals surface area contributed by atoms with Crippen LogP contribution < -0.4 is 11.1 Å². The molecule has 0 atom stereocenters. The van der Waals surface area contributed by atoms with E-state index in [1.165, 1.54) is 0 Å². The number of ketones is 1. The van der Waals surface area contributed by atoms with E-state index in [0.717, 1.165) is 5.69 Å². The lowest BCUT2D eigenvalue weighted by Gasteiger charge is -2.17. The predicted molar refractivity (Wildman–Crippen MR) is 53.3 cm³/mol. The molecule has 0 saturated heterocycles. The number of benzene rings is 1. The van der Waals surface area contributed by atoms with Gasteiger partial charge in [0.15, 0.2) is 5.78 Å². The van der Waals surface area contributed by atoms with Crippen molar-refractivity contribution in [2.75, 3.05) is 17.6 Å². The maximum absolute atomic E-state index is 11.4. The normalized spacial score (nSPS) is 15.0. The molecule has 3 N–H and O–H groups in total. The van der Waals surface area contributed by atoms with Gasteiger partial charge in [0.2, 0.25) is 0 Å². The Morgan fingerprint density at radius 2 is 2.23 bits per heavy atom. The highest BCUT2D eigenvalue weighted by molar-refractivity contribution is 6.33. The second kappa shape index (κ2) is 2.92. The van der Waals surface area contributed by atoms with Crippen LogP contribution in [0, 0.1) is 0 Å². The Morgan fingerprint density at radius 1 is 1.46 bits per heavy atom. The van der Waals surface area contributed by atoms with Gasteiger partial charge >= 0.3 is 0 Å². The fraction of sp³-hybridized carbons (Fsp3) is 0.222. The van der Waals surface area contributed by atoms with Crippen LogP contribution in [-0.2, 0) is 0 Å². The summed E-state index contributed by atoms with van der Waals surface area (Å²) in [5.41, 5.74) is 7.54. The molecule has 1 aromatic carbocycles. The quantitative estimate of drug-likeness (QED) is 0.624. The summed E-state index contributed by atoms with van der Waals surface area (Å²) < 4.78 is 0. The van der Waals surface area contributed by atoms with E-state index in [1.54, 1.807) is 12.1 Å². The molecule has 1 aromatic rings. The van der Waals surface area contributed by atoms with Crippen LogP contribution in [0.5, 0.6) is 0 Å². The first-order valence-corrected chi connectivity index (χ1v) is 4.42. The molecule has 0 saturated carbocycles. The van der Waals surface area contributed by atoms with Gasteiger partial charge in [0.05, 0.1) is 10.7 Å². The highest BCUT2D eigenvalue weighted by Gasteiger charge is 2.17. The molecule has 2 rings (SSSR count). The zero-order chi connectivity index (χ0) is 9.42. The van der Waals surface area contributed by atoms with E-state index in [0.29, 0.717) is 29.2 Å².